The smallest absolute Gasteiger partial charge is 0.276 e. The molecule has 0 aromatic heterocycles. The van der Waals surface area contributed by atoms with Crippen LogP contribution >= 0.6 is 66.7 Å². The topological polar surface area (TPSA) is 29.1 Å². The zero-order valence-electron chi connectivity index (χ0n) is 7.95. The van der Waals surface area contributed by atoms with Crippen molar-refractivity contribution in [1.29, 1.82) is 0 Å². The van der Waals surface area contributed by atoms with Crippen molar-refractivity contribution < 1.29 is 4.79 Å². The summed E-state index contributed by atoms with van der Waals surface area (Å²) in [7, 11) is 0. The van der Waals surface area contributed by atoms with Gasteiger partial charge >= 0.3 is 0 Å². The lowest BCUT2D eigenvalue weighted by atomic mass is 10.2. The molecule has 0 radical (unpaired) electrons. The summed E-state index contributed by atoms with van der Waals surface area (Å²) in [4.78, 5) is 11.5. The first-order valence-electron chi connectivity index (χ1n) is 4.05. The van der Waals surface area contributed by atoms with Crippen LogP contribution in [0.15, 0.2) is 21.1 Å². The fraction of sp³-hybridized carbons (Fsp3) is 0.222. The summed E-state index contributed by atoms with van der Waals surface area (Å²) in [5, 5.41) is 2.52. The Kier molecular flexibility index (Phi) is 4.96. The van der Waals surface area contributed by atoms with Gasteiger partial charge in [0.15, 0.2) is 0 Å². The van der Waals surface area contributed by atoms with Crippen LogP contribution in [0.4, 0.5) is 5.69 Å². The SMILES string of the molecule is Cc1cc(Br)c(NC(=O)C(Cl)(Cl)Cl)c(Br)c1. The Morgan fingerprint density at radius 3 is 2.06 bits per heavy atom. The number of anilines is 1. The van der Waals surface area contributed by atoms with Gasteiger partial charge in [-0.1, -0.05) is 34.8 Å². The Balaban J connectivity index is 3.03. The molecule has 0 aliphatic heterocycles. The second kappa shape index (κ2) is 5.44. The van der Waals surface area contributed by atoms with Crippen LogP contribution < -0.4 is 5.32 Å². The fourth-order valence-corrected chi connectivity index (χ4v) is 2.76. The van der Waals surface area contributed by atoms with Gasteiger partial charge in [0, 0.05) is 8.95 Å². The molecule has 1 aromatic rings. The van der Waals surface area contributed by atoms with Crippen molar-refractivity contribution in [3.05, 3.63) is 26.6 Å². The Morgan fingerprint density at radius 2 is 1.69 bits per heavy atom. The lowest BCUT2D eigenvalue weighted by Crippen LogP contribution is -2.27. The van der Waals surface area contributed by atoms with E-state index in [4.69, 9.17) is 34.8 Å². The third kappa shape index (κ3) is 3.77. The summed E-state index contributed by atoms with van der Waals surface area (Å²) in [6, 6.07) is 3.69. The molecule has 0 aliphatic rings. The van der Waals surface area contributed by atoms with E-state index in [0.717, 1.165) is 5.56 Å². The highest BCUT2D eigenvalue weighted by atomic mass is 79.9. The predicted octanol–water partition coefficient (Wildman–Crippen LogP) is 4.83. The van der Waals surface area contributed by atoms with Crippen LogP contribution in [0.5, 0.6) is 0 Å². The molecular weight excluding hydrogens is 404 g/mol. The third-order valence-corrected chi connectivity index (χ3v) is 3.45. The predicted molar refractivity (Wildman–Crippen MR) is 75.5 cm³/mol. The van der Waals surface area contributed by atoms with Gasteiger partial charge in [-0.15, -0.1) is 0 Å². The van der Waals surface area contributed by atoms with Crippen LogP contribution in [0.1, 0.15) is 5.56 Å². The van der Waals surface area contributed by atoms with E-state index in [2.05, 4.69) is 37.2 Å². The van der Waals surface area contributed by atoms with Crippen LogP contribution in [0.2, 0.25) is 0 Å². The van der Waals surface area contributed by atoms with Gasteiger partial charge in [0.1, 0.15) is 0 Å². The summed E-state index contributed by atoms with van der Waals surface area (Å²) < 4.78 is -0.562. The van der Waals surface area contributed by atoms with E-state index in [1.165, 1.54) is 0 Å². The number of benzene rings is 1. The lowest BCUT2D eigenvalue weighted by Gasteiger charge is -2.14. The molecule has 7 heteroatoms. The van der Waals surface area contributed by atoms with Crippen LogP contribution in [0, 0.1) is 6.92 Å². The standard InChI is InChI=1S/C9H6Br2Cl3NO/c1-4-2-5(10)7(6(11)3-4)15-8(16)9(12,13)14/h2-3H,1H3,(H,15,16). The van der Waals surface area contributed by atoms with Gasteiger partial charge in [0.2, 0.25) is 0 Å². The number of carbonyl (C=O) groups is 1. The van der Waals surface area contributed by atoms with Crippen LogP contribution in [-0.2, 0) is 4.79 Å². The van der Waals surface area contributed by atoms with Crippen molar-refractivity contribution in [2.24, 2.45) is 0 Å². The van der Waals surface area contributed by atoms with Crippen molar-refractivity contribution in [3.8, 4) is 0 Å². The van der Waals surface area contributed by atoms with Crippen molar-refractivity contribution in [1.82, 2.24) is 0 Å². The Labute approximate surface area is 125 Å². The number of hydrogen-bond donors (Lipinski definition) is 1. The number of aryl methyl sites for hydroxylation is 1. The first-order valence-corrected chi connectivity index (χ1v) is 6.77. The first-order chi connectivity index (χ1) is 7.21. The number of nitrogens with one attached hydrogen (secondary N) is 1. The van der Waals surface area contributed by atoms with Gasteiger partial charge in [0.25, 0.3) is 9.70 Å². The number of halogens is 5. The summed E-state index contributed by atoms with van der Waals surface area (Å²) in [6.45, 7) is 1.93. The number of hydrogen-bond acceptors (Lipinski definition) is 1. The van der Waals surface area contributed by atoms with E-state index >= 15 is 0 Å². The van der Waals surface area contributed by atoms with Gasteiger partial charge in [-0.2, -0.15) is 0 Å². The van der Waals surface area contributed by atoms with E-state index in [1.807, 2.05) is 19.1 Å². The molecule has 0 fully saturated rings. The molecule has 0 aliphatic carbocycles. The molecule has 16 heavy (non-hydrogen) atoms. The third-order valence-electron chi connectivity index (χ3n) is 1.68. The normalized spacial score (nSPS) is 11.4. The first kappa shape index (κ1) is 14.6. The second-order valence-corrected chi connectivity index (χ2v) is 7.05. The molecule has 1 amide bonds. The Bertz CT molecular complexity index is 408. The van der Waals surface area contributed by atoms with Gasteiger partial charge in [-0.25, -0.2) is 0 Å². The highest BCUT2D eigenvalue weighted by molar-refractivity contribution is 9.11. The average molecular weight is 410 g/mol. The van der Waals surface area contributed by atoms with Gasteiger partial charge in [-0.05, 0) is 56.5 Å². The van der Waals surface area contributed by atoms with Crippen molar-refractivity contribution in [2.45, 2.75) is 10.7 Å². The van der Waals surface area contributed by atoms with Gasteiger partial charge in [-0.3, -0.25) is 4.79 Å². The largest absolute Gasteiger partial charge is 0.320 e. The van der Waals surface area contributed by atoms with E-state index < -0.39 is 9.70 Å². The van der Waals surface area contributed by atoms with E-state index in [1.54, 1.807) is 0 Å². The second-order valence-electron chi connectivity index (χ2n) is 3.06. The highest BCUT2D eigenvalue weighted by Gasteiger charge is 2.31. The summed E-state index contributed by atoms with van der Waals surface area (Å²) in [6.07, 6.45) is 0. The molecule has 1 rings (SSSR count). The Morgan fingerprint density at radius 1 is 1.25 bits per heavy atom. The summed E-state index contributed by atoms with van der Waals surface area (Å²) in [5.74, 6) is -0.706. The van der Waals surface area contributed by atoms with Crippen molar-refractivity contribution >= 4 is 78.3 Å². The van der Waals surface area contributed by atoms with E-state index in [0.29, 0.717) is 14.6 Å². The average Bonchev–Trinajstić information content (AvgIpc) is 2.08. The quantitative estimate of drug-likeness (QED) is 0.661. The highest BCUT2D eigenvalue weighted by Crippen LogP contribution is 2.35. The minimum atomic E-state index is -1.98. The molecule has 0 bridgehead atoms. The molecule has 0 atom stereocenters. The number of rotatable bonds is 1. The van der Waals surface area contributed by atoms with Crippen molar-refractivity contribution in [3.63, 3.8) is 0 Å². The lowest BCUT2D eigenvalue weighted by molar-refractivity contribution is -0.115. The molecule has 2 nitrogen and oxygen atoms in total. The maximum Gasteiger partial charge on any atom is 0.276 e. The van der Waals surface area contributed by atoms with Crippen LogP contribution in [-0.4, -0.2) is 9.70 Å². The fourth-order valence-electron chi connectivity index (χ4n) is 1.00. The zero-order chi connectivity index (χ0) is 12.5. The van der Waals surface area contributed by atoms with Crippen LogP contribution in [0.3, 0.4) is 0 Å². The summed E-state index contributed by atoms with van der Waals surface area (Å²) in [5.41, 5.74) is 1.56. The minimum Gasteiger partial charge on any atom is -0.320 e. The maximum atomic E-state index is 11.5. The number of alkyl halides is 3. The van der Waals surface area contributed by atoms with E-state index in [9.17, 15) is 4.79 Å². The molecule has 0 unspecified atom stereocenters. The summed E-state index contributed by atoms with van der Waals surface area (Å²) >= 11 is 23.0. The van der Waals surface area contributed by atoms with Crippen molar-refractivity contribution in [2.75, 3.05) is 5.32 Å². The Hall–Kier alpha value is 0.520. The molecule has 0 saturated carbocycles. The number of carbonyl (C=O) groups excluding carboxylic acids is 1. The molecule has 1 aromatic carbocycles. The maximum absolute atomic E-state index is 11.5. The van der Waals surface area contributed by atoms with E-state index in [-0.39, 0.29) is 0 Å². The molecule has 0 heterocycles. The van der Waals surface area contributed by atoms with Gasteiger partial charge < -0.3 is 5.32 Å². The molecule has 0 saturated heterocycles. The van der Waals surface area contributed by atoms with Crippen LogP contribution in [0.25, 0.3) is 0 Å². The molecule has 1 N–H and O–H groups in total. The molecule has 0 spiro atoms. The zero-order valence-corrected chi connectivity index (χ0v) is 13.4. The molecule has 88 valence electrons. The van der Waals surface area contributed by atoms with Gasteiger partial charge in [0.05, 0.1) is 5.69 Å². The monoisotopic (exact) mass is 407 g/mol. The molecular formula is C9H6Br2Cl3NO. The minimum absolute atomic E-state index is 0.530. The number of amides is 1.